The first-order valence-electron chi connectivity index (χ1n) is 22.0. The molecule has 10 rings (SSSR count). The molecule has 3 heterocycles. The molecular formula is C57H51FN4O. The summed E-state index contributed by atoms with van der Waals surface area (Å²) in [7, 11) is 0. The van der Waals surface area contributed by atoms with Crippen LogP contribution in [-0.2, 0) is 0 Å². The van der Waals surface area contributed by atoms with Crippen molar-refractivity contribution >= 4 is 44.6 Å². The zero-order valence-corrected chi connectivity index (χ0v) is 36.9. The maximum Gasteiger partial charge on any atom is 0.137 e. The van der Waals surface area contributed by atoms with Crippen LogP contribution < -0.4 is 14.5 Å². The summed E-state index contributed by atoms with van der Waals surface area (Å²) in [6.45, 7) is 16.1. The number of anilines is 4. The van der Waals surface area contributed by atoms with Crippen molar-refractivity contribution in [2.45, 2.75) is 60.3 Å². The molecule has 63 heavy (non-hydrogen) atoms. The Labute approximate surface area is 369 Å². The third-order valence-electron chi connectivity index (χ3n) is 12.6. The number of hydrogen-bond acceptors (Lipinski definition) is 4. The Kier molecular flexibility index (Phi) is 10.1. The number of fused-ring (bicyclic) bond motifs is 4. The summed E-state index contributed by atoms with van der Waals surface area (Å²) in [6, 6.07) is 52.4. The average Bonchev–Trinajstić information content (AvgIpc) is 3.82. The van der Waals surface area contributed by atoms with Gasteiger partial charge in [0.1, 0.15) is 29.8 Å². The molecule has 0 saturated heterocycles. The van der Waals surface area contributed by atoms with Gasteiger partial charge in [-0.1, -0.05) is 88.4 Å². The van der Waals surface area contributed by atoms with Gasteiger partial charge >= 0.3 is 0 Å². The molecule has 7 aromatic carbocycles. The minimum Gasteiger partial charge on any atom is -0.457 e. The lowest BCUT2D eigenvalue weighted by Crippen LogP contribution is -2.26. The fourth-order valence-electron chi connectivity index (χ4n) is 9.58. The second-order valence-corrected chi connectivity index (χ2v) is 17.6. The van der Waals surface area contributed by atoms with Gasteiger partial charge in [0, 0.05) is 40.5 Å². The summed E-state index contributed by atoms with van der Waals surface area (Å²) in [5.74, 6) is 2.58. The maximum absolute atomic E-state index is 14.6. The van der Waals surface area contributed by atoms with Crippen LogP contribution >= 0.6 is 0 Å². The van der Waals surface area contributed by atoms with Crippen molar-refractivity contribution in [3.63, 3.8) is 0 Å². The van der Waals surface area contributed by atoms with Gasteiger partial charge in [0.2, 0.25) is 0 Å². The largest absolute Gasteiger partial charge is 0.457 e. The lowest BCUT2D eigenvalue weighted by atomic mass is 9.87. The molecule has 9 aromatic rings. The second kappa shape index (κ2) is 15.9. The van der Waals surface area contributed by atoms with E-state index in [1.165, 1.54) is 45.0 Å². The number of hydrogen-bond donors (Lipinski definition) is 0. The number of benzene rings is 7. The molecule has 0 saturated carbocycles. The van der Waals surface area contributed by atoms with Gasteiger partial charge in [0.05, 0.1) is 22.4 Å². The number of nitrogens with zero attached hydrogens (tertiary/aromatic N) is 4. The third-order valence-corrected chi connectivity index (χ3v) is 12.6. The van der Waals surface area contributed by atoms with Crippen molar-refractivity contribution in [3.05, 3.63) is 191 Å². The van der Waals surface area contributed by atoms with Gasteiger partial charge in [-0.3, -0.25) is 4.57 Å². The van der Waals surface area contributed by atoms with Crippen molar-refractivity contribution in [1.29, 1.82) is 0 Å². The average molecular weight is 827 g/mol. The zero-order valence-electron chi connectivity index (χ0n) is 36.9. The van der Waals surface area contributed by atoms with E-state index in [-0.39, 0.29) is 17.7 Å². The molecule has 0 amide bonds. The summed E-state index contributed by atoms with van der Waals surface area (Å²) < 4.78 is 23.8. The lowest BCUT2D eigenvalue weighted by molar-refractivity contribution is 0.483. The predicted molar refractivity (Wildman–Crippen MR) is 260 cm³/mol. The van der Waals surface area contributed by atoms with E-state index in [1.807, 2.05) is 18.3 Å². The number of aryl methyl sites for hydroxylation is 3. The fraction of sp³-hybridized carbons (Fsp3) is 0.175. The van der Waals surface area contributed by atoms with Gasteiger partial charge in [-0.2, -0.15) is 0 Å². The molecule has 0 fully saturated rings. The van der Waals surface area contributed by atoms with Gasteiger partial charge < -0.3 is 14.5 Å². The Bertz CT molecular complexity index is 3170. The Balaban J connectivity index is 1.11. The highest BCUT2D eigenvalue weighted by molar-refractivity contribution is 6.09. The smallest absolute Gasteiger partial charge is 0.137 e. The number of pyridine rings is 1. The van der Waals surface area contributed by atoms with Crippen LogP contribution in [0.1, 0.15) is 67.3 Å². The molecule has 0 aliphatic carbocycles. The van der Waals surface area contributed by atoms with Crippen LogP contribution in [0.25, 0.3) is 49.9 Å². The number of para-hydroxylation sites is 3. The molecule has 0 atom stereocenters. The molecule has 6 heteroatoms. The van der Waals surface area contributed by atoms with Gasteiger partial charge in [-0.15, -0.1) is 0 Å². The minimum atomic E-state index is -0.229. The van der Waals surface area contributed by atoms with Gasteiger partial charge in [0.15, 0.2) is 0 Å². The molecule has 312 valence electrons. The van der Waals surface area contributed by atoms with Crippen LogP contribution in [-0.4, -0.2) is 16.2 Å². The Morgan fingerprint density at radius 1 is 0.556 bits per heavy atom. The fourth-order valence-corrected chi connectivity index (χ4v) is 9.58. The van der Waals surface area contributed by atoms with E-state index in [1.54, 1.807) is 12.1 Å². The highest BCUT2D eigenvalue weighted by atomic mass is 19.1. The molecule has 0 bridgehead atoms. The van der Waals surface area contributed by atoms with Gasteiger partial charge in [-0.05, 0) is 162 Å². The molecule has 0 N–H and O–H groups in total. The van der Waals surface area contributed by atoms with Crippen LogP contribution in [0.2, 0.25) is 0 Å². The minimum absolute atomic E-state index is 0.220. The van der Waals surface area contributed by atoms with Gasteiger partial charge in [-0.25, -0.2) is 9.37 Å². The van der Waals surface area contributed by atoms with E-state index in [0.29, 0.717) is 6.67 Å². The van der Waals surface area contributed by atoms with E-state index in [0.717, 1.165) is 73.1 Å². The monoisotopic (exact) mass is 826 g/mol. The summed E-state index contributed by atoms with van der Waals surface area (Å²) in [5, 5.41) is 2.31. The predicted octanol–water partition coefficient (Wildman–Crippen LogP) is 15.9. The number of rotatable bonds is 9. The molecule has 1 aliphatic heterocycles. The summed E-state index contributed by atoms with van der Waals surface area (Å²) >= 11 is 0. The summed E-state index contributed by atoms with van der Waals surface area (Å²) in [5.41, 5.74) is 16.9. The normalized spacial score (nSPS) is 12.6. The van der Waals surface area contributed by atoms with E-state index in [4.69, 9.17) is 9.72 Å². The van der Waals surface area contributed by atoms with Crippen molar-refractivity contribution < 1.29 is 9.13 Å². The van der Waals surface area contributed by atoms with Crippen LogP contribution in [0.3, 0.4) is 0 Å². The maximum atomic E-state index is 14.6. The zero-order chi connectivity index (χ0) is 43.5. The van der Waals surface area contributed by atoms with E-state index in [2.05, 4.69) is 184 Å². The van der Waals surface area contributed by atoms with Crippen LogP contribution in [0.5, 0.6) is 11.5 Å². The number of ether oxygens (including phenoxy) is 1. The summed E-state index contributed by atoms with van der Waals surface area (Å²) in [6.07, 6.45) is 1.87. The van der Waals surface area contributed by atoms with Crippen molar-refractivity contribution in [1.82, 2.24) is 9.55 Å². The number of aromatic nitrogens is 2. The van der Waals surface area contributed by atoms with E-state index >= 15 is 0 Å². The topological polar surface area (TPSA) is 33.5 Å². The van der Waals surface area contributed by atoms with Gasteiger partial charge in [0.25, 0.3) is 0 Å². The second-order valence-electron chi connectivity index (χ2n) is 17.6. The van der Waals surface area contributed by atoms with Crippen LogP contribution in [0.4, 0.5) is 27.1 Å². The molecule has 5 nitrogen and oxygen atoms in total. The number of halogens is 1. The molecular weight excluding hydrogens is 776 g/mol. The molecule has 1 aliphatic rings. The Hall–Kier alpha value is -7.18. The lowest BCUT2D eigenvalue weighted by Gasteiger charge is -2.30. The molecule has 2 aromatic heterocycles. The van der Waals surface area contributed by atoms with Crippen molar-refractivity contribution in [2.24, 2.45) is 0 Å². The Morgan fingerprint density at radius 2 is 1.24 bits per heavy atom. The highest BCUT2D eigenvalue weighted by Gasteiger charge is 2.33. The highest BCUT2D eigenvalue weighted by Crippen LogP contribution is 2.50. The SMILES string of the molecule is Cc1ccnc(-n2c3ccccc3c3ccc(Oc4cc(-c5c(C)cccc5C)cc(N5CN(c6c(C(C)C)cc(-c7cccc(F)c7)cc6C(C)C)c6ccccc65)c4)cc32)c1. The van der Waals surface area contributed by atoms with Crippen molar-refractivity contribution in [3.8, 4) is 39.6 Å². The first kappa shape index (κ1) is 39.9. The van der Waals surface area contributed by atoms with Crippen LogP contribution in [0, 0.1) is 26.6 Å². The molecule has 0 spiro atoms. The van der Waals surface area contributed by atoms with E-state index < -0.39 is 0 Å². The molecule has 0 unspecified atom stereocenters. The van der Waals surface area contributed by atoms with Crippen molar-refractivity contribution in [2.75, 3.05) is 16.5 Å². The standard InChI is InChI=1S/C57H51FN4O/c1-35(2)49-30-41(40-16-13-17-43(58)27-40)31-50(36(3)4)57(49)61-34-60(52-20-10-11-21-53(52)61)44-28-42(56-38(6)14-12-15-39(56)7)29-46(32-44)63-45-22-23-48-47-18-8-9-19-51(47)62(54(48)33-45)55-26-37(5)24-25-59-55/h8-33,35-36H,34H2,1-7H3. The molecule has 0 radical (unpaired) electrons. The first-order chi connectivity index (χ1) is 30.5. The first-order valence-corrected chi connectivity index (χ1v) is 22.0. The Morgan fingerprint density at radius 3 is 1.95 bits per heavy atom. The summed E-state index contributed by atoms with van der Waals surface area (Å²) in [4.78, 5) is 9.70. The quantitative estimate of drug-likeness (QED) is 0.145. The third kappa shape index (κ3) is 7.19. The van der Waals surface area contributed by atoms with Crippen LogP contribution in [0.15, 0.2) is 158 Å². The van der Waals surface area contributed by atoms with E-state index in [9.17, 15) is 4.39 Å².